The first kappa shape index (κ1) is 15.8. The van der Waals surface area contributed by atoms with Crippen LogP contribution in [0.25, 0.3) is 0 Å². The molecule has 0 radical (unpaired) electrons. The lowest BCUT2D eigenvalue weighted by molar-refractivity contribution is -0.117. The van der Waals surface area contributed by atoms with E-state index in [0.717, 1.165) is 24.2 Å². The number of nitrogens with zero attached hydrogens (tertiary/aromatic N) is 2. The largest absolute Gasteiger partial charge is 0.322 e. The third kappa shape index (κ3) is 3.44. The van der Waals surface area contributed by atoms with Crippen molar-refractivity contribution in [2.24, 2.45) is 0 Å². The van der Waals surface area contributed by atoms with Gasteiger partial charge in [0.25, 0.3) is 5.91 Å². The second-order valence-electron chi connectivity index (χ2n) is 5.68. The van der Waals surface area contributed by atoms with Crippen LogP contribution >= 0.6 is 0 Å². The summed E-state index contributed by atoms with van der Waals surface area (Å²) in [5.74, 6) is -0.0769. The van der Waals surface area contributed by atoms with E-state index in [1.807, 2.05) is 12.1 Å². The summed E-state index contributed by atoms with van der Waals surface area (Å²) >= 11 is 0. The second kappa shape index (κ2) is 6.97. The number of nitriles is 1. The average molecular weight is 319 g/mol. The van der Waals surface area contributed by atoms with E-state index < -0.39 is 0 Å². The Morgan fingerprint density at radius 3 is 2.42 bits per heavy atom. The first-order valence-electron chi connectivity index (χ1n) is 7.85. The van der Waals surface area contributed by atoms with Gasteiger partial charge in [-0.3, -0.25) is 9.59 Å². The van der Waals surface area contributed by atoms with Crippen molar-refractivity contribution in [3.05, 3.63) is 59.7 Å². The fraction of sp³-hybridized carbons (Fsp3) is 0.211. The molecule has 0 aromatic heterocycles. The second-order valence-corrected chi connectivity index (χ2v) is 5.68. The Bertz CT molecular complexity index is 789. The standard InChI is InChI=1S/C19H17N3O2/c20-12-11-14-3-7-16(8-4-14)21-19(24)15-5-9-17(10-6-15)22-13-1-2-18(22)23/h3-10H,1-2,11,13H2,(H,21,24). The summed E-state index contributed by atoms with van der Waals surface area (Å²) in [6.45, 7) is 0.736. The molecule has 0 unspecified atom stereocenters. The summed E-state index contributed by atoms with van der Waals surface area (Å²) in [6, 6.07) is 16.3. The minimum atomic E-state index is -0.206. The van der Waals surface area contributed by atoms with Gasteiger partial charge >= 0.3 is 0 Å². The van der Waals surface area contributed by atoms with Crippen molar-refractivity contribution in [1.29, 1.82) is 5.26 Å². The quantitative estimate of drug-likeness (QED) is 0.941. The number of anilines is 2. The average Bonchev–Trinajstić information content (AvgIpc) is 3.03. The number of rotatable bonds is 4. The predicted octanol–water partition coefficient (Wildman–Crippen LogP) is 3.13. The van der Waals surface area contributed by atoms with E-state index >= 15 is 0 Å². The molecule has 5 heteroatoms. The number of nitrogens with one attached hydrogen (secondary N) is 1. The Kier molecular flexibility index (Phi) is 4.57. The molecule has 0 bridgehead atoms. The summed E-state index contributed by atoms with van der Waals surface area (Å²) < 4.78 is 0. The van der Waals surface area contributed by atoms with Crippen LogP contribution in [-0.4, -0.2) is 18.4 Å². The Hall–Kier alpha value is -3.13. The Morgan fingerprint density at radius 2 is 1.83 bits per heavy atom. The highest BCUT2D eigenvalue weighted by molar-refractivity contribution is 6.04. The van der Waals surface area contributed by atoms with Gasteiger partial charge < -0.3 is 10.2 Å². The van der Waals surface area contributed by atoms with Crippen molar-refractivity contribution in [3.63, 3.8) is 0 Å². The van der Waals surface area contributed by atoms with Crippen LogP contribution in [0, 0.1) is 11.3 Å². The van der Waals surface area contributed by atoms with Crippen LogP contribution in [-0.2, 0) is 11.2 Å². The molecule has 1 fully saturated rings. The smallest absolute Gasteiger partial charge is 0.255 e. The monoisotopic (exact) mass is 319 g/mol. The van der Waals surface area contributed by atoms with Gasteiger partial charge in [-0.15, -0.1) is 0 Å². The highest BCUT2D eigenvalue weighted by atomic mass is 16.2. The molecule has 2 aromatic carbocycles. The highest BCUT2D eigenvalue weighted by Crippen LogP contribution is 2.22. The molecule has 2 amide bonds. The molecular formula is C19H17N3O2. The first-order valence-corrected chi connectivity index (χ1v) is 7.85. The van der Waals surface area contributed by atoms with Gasteiger partial charge in [0.05, 0.1) is 12.5 Å². The van der Waals surface area contributed by atoms with E-state index in [4.69, 9.17) is 5.26 Å². The molecule has 0 aliphatic carbocycles. The zero-order chi connectivity index (χ0) is 16.9. The zero-order valence-electron chi connectivity index (χ0n) is 13.2. The van der Waals surface area contributed by atoms with Crippen LogP contribution in [0.5, 0.6) is 0 Å². The number of carbonyl (C=O) groups excluding carboxylic acids is 2. The number of amides is 2. The zero-order valence-corrected chi connectivity index (χ0v) is 13.2. The van der Waals surface area contributed by atoms with Crippen LogP contribution in [0.3, 0.4) is 0 Å². The minimum Gasteiger partial charge on any atom is -0.322 e. The Labute approximate surface area is 140 Å². The SMILES string of the molecule is N#CCc1ccc(NC(=O)c2ccc(N3CCCC3=O)cc2)cc1. The van der Waals surface area contributed by atoms with E-state index in [1.54, 1.807) is 41.3 Å². The molecule has 1 aliphatic heterocycles. The van der Waals surface area contributed by atoms with E-state index in [1.165, 1.54) is 0 Å². The topological polar surface area (TPSA) is 73.2 Å². The van der Waals surface area contributed by atoms with Crippen LogP contribution < -0.4 is 10.2 Å². The van der Waals surface area contributed by atoms with Gasteiger partial charge in [-0.25, -0.2) is 0 Å². The van der Waals surface area contributed by atoms with Crippen molar-refractivity contribution in [2.75, 3.05) is 16.8 Å². The van der Waals surface area contributed by atoms with E-state index in [-0.39, 0.29) is 11.8 Å². The van der Waals surface area contributed by atoms with Gasteiger partial charge in [0, 0.05) is 29.9 Å². The van der Waals surface area contributed by atoms with Crippen molar-refractivity contribution in [1.82, 2.24) is 0 Å². The van der Waals surface area contributed by atoms with Gasteiger partial charge in [0.15, 0.2) is 0 Å². The van der Waals surface area contributed by atoms with Crippen LogP contribution in [0.2, 0.25) is 0 Å². The molecular weight excluding hydrogens is 302 g/mol. The Morgan fingerprint density at radius 1 is 1.12 bits per heavy atom. The van der Waals surface area contributed by atoms with Crippen LogP contribution in [0.1, 0.15) is 28.8 Å². The van der Waals surface area contributed by atoms with Crippen LogP contribution in [0.4, 0.5) is 11.4 Å². The van der Waals surface area contributed by atoms with Crippen molar-refractivity contribution in [3.8, 4) is 6.07 Å². The summed E-state index contributed by atoms with van der Waals surface area (Å²) in [6.07, 6.45) is 1.82. The summed E-state index contributed by atoms with van der Waals surface area (Å²) in [7, 11) is 0. The maximum Gasteiger partial charge on any atom is 0.255 e. The van der Waals surface area contributed by atoms with E-state index in [2.05, 4.69) is 11.4 Å². The molecule has 1 heterocycles. The molecule has 1 N–H and O–H groups in total. The third-order valence-electron chi connectivity index (χ3n) is 4.01. The van der Waals surface area contributed by atoms with Crippen LogP contribution in [0.15, 0.2) is 48.5 Å². The van der Waals surface area contributed by atoms with Gasteiger partial charge in [-0.1, -0.05) is 12.1 Å². The molecule has 2 aromatic rings. The van der Waals surface area contributed by atoms with Gasteiger partial charge in [-0.2, -0.15) is 5.26 Å². The van der Waals surface area contributed by atoms with Gasteiger partial charge in [-0.05, 0) is 48.4 Å². The molecule has 1 saturated heterocycles. The minimum absolute atomic E-state index is 0.129. The Balaban J connectivity index is 1.66. The normalized spacial score (nSPS) is 13.6. The maximum atomic E-state index is 12.3. The molecule has 120 valence electrons. The van der Waals surface area contributed by atoms with E-state index in [9.17, 15) is 9.59 Å². The number of carbonyl (C=O) groups is 2. The fourth-order valence-electron chi connectivity index (χ4n) is 2.71. The highest BCUT2D eigenvalue weighted by Gasteiger charge is 2.21. The fourth-order valence-corrected chi connectivity index (χ4v) is 2.71. The molecule has 5 nitrogen and oxygen atoms in total. The van der Waals surface area contributed by atoms with Crippen molar-refractivity contribution in [2.45, 2.75) is 19.3 Å². The maximum absolute atomic E-state index is 12.3. The third-order valence-corrected chi connectivity index (χ3v) is 4.01. The number of benzene rings is 2. The summed E-state index contributed by atoms with van der Waals surface area (Å²) in [5, 5.41) is 11.5. The molecule has 24 heavy (non-hydrogen) atoms. The molecule has 0 saturated carbocycles. The molecule has 3 rings (SSSR count). The van der Waals surface area contributed by atoms with Crippen molar-refractivity contribution >= 4 is 23.2 Å². The van der Waals surface area contributed by atoms with Crippen molar-refractivity contribution < 1.29 is 9.59 Å². The van der Waals surface area contributed by atoms with Gasteiger partial charge in [0.1, 0.15) is 0 Å². The number of hydrogen-bond acceptors (Lipinski definition) is 3. The lowest BCUT2D eigenvalue weighted by Crippen LogP contribution is -2.23. The van der Waals surface area contributed by atoms with Gasteiger partial charge in [0.2, 0.25) is 5.91 Å². The molecule has 1 aliphatic rings. The van der Waals surface area contributed by atoms with E-state index in [0.29, 0.717) is 24.1 Å². The number of hydrogen-bond donors (Lipinski definition) is 1. The predicted molar refractivity (Wildman–Crippen MR) is 91.7 cm³/mol. The first-order chi connectivity index (χ1) is 11.7. The summed E-state index contributed by atoms with van der Waals surface area (Å²) in [4.78, 5) is 25.8. The molecule has 0 atom stereocenters. The lowest BCUT2D eigenvalue weighted by Gasteiger charge is -2.15. The molecule has 0 spiro atoms. The summed E-state index contributed by atoms with van der Waals surface area (Å²) in [5.41, 5.74) is 2.96. The lowest BCUT2D eigenvalue weighted by atomic mass is 10.1.